The summed E-state index contributed by atoms with van der Waals surface area (Å²) >= 11 is 0. The molecular formula is C17H24N2O2. The first-order valence-electron chi connectivity index (χ1n) is 7.69. The fraction of sp³-hybridized carbons (Fsp3) is 0.529. The molecule has 1 fully saturated rings. The van der Waals surface area contributed by atoms with Gasteiger partial charge in [-0.15, -0.1) is 0 Å². The predicted octanol–water partition coefficient (Wildman–Crippen LogP) is 2.25. The second-order valence-corrected chi connectivity index (χ2v) is 5.80. The summed E-state index contributed by atoms with van der Waals surface area (Å²) in [6, 6.07) is 7.98. The first kappa shape index (κ1) is 15.7. The number of amides is 2. The molecule has 1 aromatic carbocycles. The third kappa shape index (κ3) is 3.00. The standard InChI is InChI=1S/C17H24N2O2/c1-3-17(4-2)11-15(20)19(16(17)21)12-14-7-5-13(6-8-14)9-10-18/h5-8H,3-4,9-12,18H2,1-2H3. The summed E-state index contributed by atoms with van der Waals surface area (Å²) in [7, 11) is 0. The van der Waals surface area contributed by atoms with Gasteiger partial charge in [-0.25, -0.2) is 0 Å². The van der Waals surface area contributed by atoms with E-state index in [1.165, 1.54) is 10.5 Å². The molecule has 1 heterocycles. The van der Waals surface area contributed by atoms with Gasteiger partial charge in [0.05, 0.1) is 12.0 Å². The van der Waals surface area contributed by atoms with E-state index in [-0.39, 0.29) is 11.8 Å². The van der Waals surface area contributed by atoms with Gasteiger partial charge in [0.2, 0.25) is 11.8 Å². The Kier molecular flexibility index (Phi) is 4.78. The number of likely N-dealkylation sites (tertiary alicyclic amines) is 1. The maximum Gasteiger partial charge on any atom is 0.236 e. The highest BCUT2D eigenvalue weighted by atomic mass is 16.2. The molecule has 0 bridgehead atoms. The topological polar surface area (TPSA) is 63.4 Å². The molecule has 0 unspecified atom stereocenters. The molecule has 2 N–H and O–H groups in total. The van der Waals surface area contributed by atoms with Crippen LogP contribution in [0, 0.1) is 5.41 Å². The van der Waals surface area contributed by atoms with Crippen molar-refractivity contribution in [2.45, 2.75) is 46.1 Å². The van der Waals surface area contributed by atoms with Crippen LogP contribution in [0.2, 0.25) is 0 Å². The van der Waals surface area contributed by atoms with Gasteiger partial charge < -0.3 is 5.73 Å². The van der Waals surface area contributed by atoms with Crippen LogP contribution in [-0.4, -0.2) is 23.3 Å². The lowest BCUT2D eigenvalue weighted by Gasteiger charge is -2.23. The Balaban J connectivity index is 2.12. The summed E-state index contributed by atoms with van der Waals surface area (Å²) in [5, 5.41) is 0. The molecule has 0 aliphatic carbocycles. The van der Waals surface area contributed by atoms with Crippen molar-refractivity contribution in [3.63, 3.8) is 0 Å². The first-order chi connectivity index (χ1) is 10.1. The molecule has 1 aliphatic heterocycles. The monoisotopic (exact) mass is 288 g/mol. The van der Waals surface area contributed by atoms with E-state index < -0.39 is 5.41 Å². The number of carbonyl (C=O) groups excluding carboxylic acids is 2. The largest absolute Gasteiger partial charge is 0.330 e. The summed E-state index contributed by atoms with van der Waals surface area (Å²) in [5.41, 5.74) is 7.22. The van der Waals surface area contributed by atoms with Crippen molar-refractivity contribution >= 4 is 11.8 Å². The third-order valence-electron chi connectivity index (χ3n) is 4.64. The van der Waals surface area contributed by atoms with Crippen LogP contribution in [0.5, 0.6) is 0 Å². The lowest BCUT2D eigenvalue weighted by Crippen LogP contribution is -2.34. The number of hydrogen-bond donors (Lipinski definition) is 1. The van der Waals surface area contributed by atoms with Gasteiger partial charge in [0.1, 0.15) is 0 Å². The maximum absolute atomic E-state index is 12.6. The molecule has 2 amide bonds. The van der Waals surface area contributed by atoms with Crippen LogP contribution >= 0.6 is 0 Å². The quantitative estimate of drug-likeness (QED) is 0.817. The molecule has 1 saturated heterocycles. The number of nitrogens with two attached hydrogens (primary N) is 1. The Morgan fingerprint density at radius 3 is 2.14 bits per heavy atom. The van der Waals surface area contributed by atoms with E-state index in [2.05, 4.69) is 0 Å². The molecular weight excluding hydrogens is 264 g/mol. The molecule has 1 aromatic rings. The van der Waals surface area contributed by atoms with Crippen LogP contribution in [0.3, 0.4) is 0 Å². The van der Waals surface area contributed by atoms with Gasteiger partial charge in [-0.1, -0.05) is 38.1 Å². The van der Waals surface area contributed by atoms with E-state index in [0.29, 0.717) is 19.5 Å². The number of hydrogen-bond acceptors (Lipinski definition) is 3. The Bertz CT molecular complexity index is 518. The normalized spacial score (nSPS) is 17.6. The summed E-state index contributed by atoms with van der Waals surface area (Å²) in [6.45, 7) is 4.97. The number of imide groups is 1. The summed E-state index contributed by atoms with van der Waals surface area (Å²) in [5.74, 6) is -0.0572. The zero-order valence-corrected chi connectivity index (χ0v) is 12.9. The van der Waals surface area contributed by atoms with Crippen LogP contribution in [0.1, 0.15) is 44.2 Å². The van der Waals surface area contributed by atoms with E-state index in [4.69, 9.17) is 5.73 Å². The Morgan fingerprint density at radius 1 is 1.10 bits per heavy atom. The zero-order chi connectivity index (χ0) is 15.5. The number of rotatable bonds is 6. The van der Waals surface area contributed by atoms with Crippen molar-refractivity contribution in [2.24, 2.45) is 11.1 Å². The smallest absolute Gasteiger partial charge is 0.236 e. The maximum atomic E-state index is 12.6. The average molecular weight is 288 g/mol. The molecule has 0 atom stereocenters. The van der Waals surface area contributed by atoms with Crippen LogP contribution in [0.4, 0.5) is 0 Å². The SMILES string of the molecule is CCC1(CC)CC(=O)N(Cc2ccc(CCN)cc2)C1=O. The molecule has 114 valence electrons. The molecule has 0 radical (unpaired) electrons. The van der Waals surface area contributed by atoms with E-state index in [1.807, 2.05) is 38.1 Å². The highest BCUT2D eigenvalue weighted by Crippen LogP contribution is 2.39. The van der Waals surface area contributed by atoms with E-state index in [9.17, 15) is 9.59 Å². The molecule has 0 aromatic heterocycles. The average Bonchev–Trinajstić information content (AvgIpc) is 2.74. The van der Waals surface area contributed by atoms with Crippen molar-refractivity contribution < 1.29 is 9.59 Å². The van der Waals surface area contributed by atoms with E-state index >= 15 is 0 Å². The van der Waals surface area contributed by atoms with Crippen LogP contribution in [-0.2, 0) is 22.6 Å². The van der Waals surface area contributed by atoms with Crippen molar-refractivity contribution in [1.82, 2.24) is 4.90 Å². The van der Waals surface area contributed by atoms with Gasteiger partial charge in [-0.2, -0.15) is 0 Å². The second kappa shape index (κ2) is 6.39. The molecule has 21 heavy (non-hydrogen) atoms. The minimum Gasteiger partial charge on any atom is -0.330 e. The van der Waals surface area contributed by atoms with Crippen LogP contribution in [0.15, 0.2) is 24.3 Å². The van der Waals surface area contributed by atoms with E-state index in [1.54, 1.807) is 0 Å². The molecule has 0 spiro atoms. The van der Waals surface area contributed by atoms with Crippen LogP contribution < -0.4 is 5.73 Å². The fourth-order valence-corrected chi connectivity index (χ4v) is 2.98. The van der Waals surface area contributed by atoms with Gasteiger partial charge in [-0.3, -0.25) is 14.5 Å². The molecule has 4 nitrogen and oxygen atoms in total. The van der Waals surface area contributed by atoms with E-state index in [0.717, 1.165) is 24.8 Å². The Morgan fingerprint density at radius 2 is 1.67 bits per heavy atom. The summed E-state index contributed by atoms with van der Waals surface area (Å²) in [6.07, 6.45) is 2.64. The van der Waals surface area contributed by atoms with Gasteiger partial charge in [0.15, 0.2) is 0 Å². The van der Waals surface area contributed by atoms with Crippen molar-refractivity contribution in [2.75, 3.05) is 6.54 Å². The van der Waals surface area contributed by atoms with Gasteiger partial charge in [0.25, 0.3) is 0 Å². The van der Waals surface area contributed by atoms with Gasteiger partial charge in [0, 0.05) is 6.42 Å². The highest BCUT2D eigenvalue weighted by Gasteiger charge is 2.48. The first-order valence-corrected chi connectivity index (χ1v) is 7.69. The molecule has 1 aliphatic rings. The Labute approximate surface area is 126 Å². The Hall–Kier alpha value is -1.68. The molecule has 0 saturated carbocycles. The van der Waals surface area contributed by atoms with Gasteiger partial charge >= 0.3 is 0 Å². The molecule has 2 rings (SSSR count). The number of carbonyl (C=O) groups is 2. The zero-order valence-electron chi connectivity index (χ0n) is 12.9. The minimum absolute atomic E-state index is 0.0106. The lowest BCUT2D eigenvalue weighted by molar-refractivity contribution is -0.142. The number of nitrogens with zero attached hydrogens (tertiary/aromatic N) is 1. The lowest BCUT2D eigenvalue weighted by atomic mass is 9.81. The highest BCUT2D eigenvalue weighted by molar-refractivity contribution is 6.05. The van der Waals surface area contributed by atoms with Crippen molar-refractivity contribution in [1.29, 1.82) is 0 Å². The number of benzene rings is 1. The van der Waals surface area contributed by atoms with Crippen molar-refractivity contribution in [3.05, 3.63) is 35.4 Å². The predicted molar refractivity (Wildman–Crippen MR) is 82.4 cm³/mol. The van der Waals surface area contributed by atoms with Crippen molar-refractivity contribution in [3.8, 4) is 0 Å². The van der Waals surface area contributed by atoms with Crippen LogP contribution in [0.25, 0.3) is 0 Å². The summed E-state index contributed by atoms with van der Waals surface area (Å²) in [4.78, 5) is 26.2. The fourth-order valence-electron chi connectivity index (χ4n) is 2.98. The second-order valence-electron chi connectivity index (χ2n) is 5.80. The van der Waals surface area contributed by atoms with Gasteiger partial charge in [-0.05, 0) is 36.9 Å². The third-order valence-corrected chi connectivity index (χ3v) is 4.64. The molecule has 4 heteroatoms. The minimum atomic E-state index is -0.476. The summed E-state index contributed by atoms with van der Waals surface area (Å²) < 4.78 is 0.